The number of fused-ring (bicyclic) bond motifs is 3. The number of hydrogen-bond donors (Lipinski definition) is 0. The van der Waals surface area contributed by atoms with Crippen molar-refractivity contribution in [3.8, 4) is 0 Å². The molecule has 31 heavy (non-hydrogen) atoms. The molecule has 1 amide bonds. The first-order chi connectivity index (χ1) is 15.1. The number of hydrogen-bond acceptors (Lipinski definition) is 6. The lowest BCUT2D eigenvalue weighted by Crippen LogP contribution is -2.27. The van der Waals surface area contributed by atoms with E-state index in [-0.39, 0.29) is 11.7 Å². The molecule has 0 N–H and O–H groups in total. The van der Waals surface area contributed by atoms with Crippen LogP contribution in [0.1, 0.15) is 10.4 Å². The molecule has 6 nitrogen and oxygen atoms in total. The summed E-state index contributed by atoms with van der Waals surface area (Å²) in [4.78, 5) is 21.8. The van der Waals surface area contributed by atoms with Gasteiger partial charge < -0.3 is 0 Å². The van der Waals surface area contributed by atoms with Gasteiger partial charge in [-0.1, -0.05) is 48.2 Å². The largest absolute Gasteiger partial charge is 0.280 e. The Morgan fingerprint density at radius 3 is 2.29 bits per heavy atom. The van der Waals surface area contributed by atoms with Gasteiger partial charge in [-0.2, -0.15) is 0 Å². The van der Waals surface area contributed by atoms with Crippen molar-refractivity contribution in [1.29, 1.82) is 0 Å². The first-order valence-corrected chi connectivity index (χ1v) is 11.6. The molecular weight excluding hydrogens is 426 g/mol. The second-order valence-corrected chi connectivity index (χ2v) is 9.22. The van der Waals surface area contributed by atoms with Crippen LogP contribution in [0.25, 0.3) is 15.9 Å². The first-order valence-electron chi connectivity index (χ1n) is 9.79. The predicted molar refractivity (Wildman–Crippen MR) is 126 cm³/mol. The summed E-state index contributed by atoms with van der Waals surface area (Å²) in [5.41, 5.74) is 3.62. The normalized spacial score (nSPS) is 11.3. The van der Waals surface area contributed by atoms with Gasteiger partial charge in [-0.05, 0) is 43.7 Å². The van der Waals surface area contributed by atoms with Gasteiger partial charge in [0.25, 0.3) is 0 Å². The van der Waals surface area contributed by atoms with E-state index in [0.29, 0.717) is 5.16 Å². The molecule has 0 spiro atoms. The Kier molecular flexibility index (Phi) is 5.17. The van der Waals surface area contributed by atoms with E-state index < -0.39 is 0 Å². The van der Waals surface area contributed by atoms with E-state index in [1.165, 1.54) is 22.2 Å². The van der Waals surface area contributed by atoms with E-state index in [1.54, 1.807) is 22.6 Å². The van der Waals surface area contributed by atoms with E-state index >= 15 is 0 Å². The summed E-state index contributed by atoms with van der Waals surface area (Å²) in [6.45, 7) is 4.17. The minimum Gasteiger partial charge on any atom is -0.280 e. The van der Waals surface area contributed by atoms with Crippen LogP contribution in [0, 0.1) is 13.8 Å². The quantitative estimate of drug-likeness (QED) is 0.338. The van der Waals surface area contributed by atoms with Gasteiger partial charge in [-0.3, -0.25) is 14.1 Å². The third-order valence-corrected chi connectivity index (χ3v) is 7.19. The molecule has 2 aromatic carbocycles. The first kappa shape index (κ1) is 19.7. The number of benzene rings is 2. The number of anilines is 2. The van der Waals surface area contributed by atoms with E-state index in [4.69, 9.17) is 0 Å². The Bertz CT molecular complexity index is 1340. The molecule has 0 fully saturated rings. The van der Waals surface area contributed by atoms with Crippen LogP contribution in [0.15, 0.2) is 72.1 Å². The Hall–Kier alpha value is -3.23. The summed E-state index contributed by atoms with van der Waals surface area (Å²) in [5.74, 6) is 0.195. The number of carbonyl (C=O) groups excluding carboxylic acids is 1. The highest BCUT2D eigenvalue weighted by Crippen LogP contribution is 2.32. The molecule has 0 unspecified atom stereocenters. The van der Waals surface area contributed by atoms with Crippen LogP contribution in [0.4, 0.5) is 11.4 Å². The third-order valence-electron chi connectivity index (χ3n) is 5.15. The molecule has 0 saturated heterocycles. The monoisotopic (exact) mass is 445 g/mol. The maximum Gasteiger partial charge on any atom is 0.242 e. The van der Waals surface area contributed by atoms with Crippen molar-refractivity contribution in [1.82, 2.24) is 19.6 Å². The summed E-state index contributed by atoms with van der Waals surface area (Å²) in [6.07, 6.45) is 1.74. The molecule has 0 bridgehead atoms. The number of carbonyl (C=O) groups is 1. The van der Waals surface area contributed by atoms with Crippen LogP contribution < -0.4 is 4.90 Å². The van der Waals surface area contributed by atoms with Crippen molar-refractivity contribution in [3.63, 3.8) is 0 Å². The average molecular weight is 446 g/mol. The molecule has 3 heterocycles. The standard InChI is InChI=1S/C23H19N5OS2/c1-15-16(2)31-22-20(15)21-25-26-23(27(21)14-24-22)30-13-19(29)28(17-9-5-3-6-10-17)18-11-7-4-8-12-18/h3-12,14H,13H2,1-2H3. The number of aromatic nitrogens is 4. The maximum absolute atomic E-state index is 13.3. The molecule has 154 valence electrons. The molecule has 5 rings (SSSR count). The molecule has 0 aliphatic heterocycles. The molecule has 0 atom stereocenters. The van der Waals surface area contributed by atoms with E-state index in [0.717, 1.165) is 27.2 Å². The minimum absolute atomic E-state index is 0.0317. The summed E-state index contributed by atoms with van der Waals surface area (Å²) >= 11 is 3.03. The van der Waals surface area contributed by atoms with Crippen molar-refractivity contribution in [3.05, 3.63) is 77.4 Å². The van der Waals surface area contributed by atoms with Crippen LogP contribution in [0.3, 0.4) is 0 Å². The number of thiophene rings is 1. The topological polar surface area (TPSA) is 63.4 Å². The second-order valence-electron chi connectivity index (χ2n) is 7.07. The van der Waals surface area contributed by atoms with Crippen molar-refractivity contribution in [2.24, 2.45) is 0 Å². The molecular formula is C23H19N5OS2. The zero-order chi connectivity index (χ0) is 21.4. The van der Waals surface area contributed by atoms with Crippen LogP contribution in [0.2, 0.25) is 0 Å². The van der Waals surface area contributed by atoms with Gasteiger partial charge in [0.1, 0.15) is 11.2 Å². The van der Waals surface area contributed by atoms with Gasteiger partial charge in [0, 0.05) is 16.3 Å². The van der Waals surface area contributed by atoms with Crippen molar-refractivity contribution < 1.29 is 4.79 Å². The number of para-hydroxylation sites is 2. The van der Waals surface area contributed by atoms with E-state index in [1.807, 2.05) is 65.1 Å². The van der Waals surface area contributed by atoms with Crippen molar-refractivity contribution in [2.75, 3.05) is 10.7 Å². The third kappa shape index (κ3) is 3.58. The van der Waals surface area contributed by atoms with Crippen LogP contribution in [0.5, 0.6) is 0 Å². The average Bonchev–Trinajstić information content (AvgIpc) is 3.34. The fourth-order valence-corrected chi connectivity index (χ4v) is 5.25. The van der Waals surface area contributed by atoms with Crippen LogP contribution in [-0.4, -0.2) is 31.2 Å². The Balaban J connectivity index is 1.45. The second kappa shape index (κ2) is 8.13. The predicted octanol–water partition coefficient (Wildman–Crippen LogP) is 5.41. The number of thioether (sulfide) groups is 1. The molecule has 5 aromatic rings. The lowest BCUT2D eigenvalue weighted by atomic mass is 10.2. The highest BCUT2D eigenvalue weighted by atomic mass is 32.2. The Labute approximate surface area is 187 Å². The number of amides is 1. The van der Waals surface area contributed by atoms with Gasteiger partial charge in [0.05, 0.1) is 11.1 Å². The summed E-state index contributed by atoms with van der Waals surface area (Å²) in [6, 6.07) is 19.3. The summed E-state index contributed by atoms with van der Waals surface area (Å²) in [7, 11) is 0. The van der Waals surface area contributed by atoms with Gasteiger partial charge in [-0.25, -0.2) is 4.98 Å². The summed E-state index contributed by atoms with van der Waals surface area (Å²) in [5, 5.41) is 10.4. The molecule has 3 aromatic heterocycles. The lowest BCUT2D eigenvalue weighted by molar-refractivity contribution is -0.115. The SMILES string of the molecule is Cc1sc2ncn3c(SCC(=O)N(c4ccccc4)c4ccccc4)nnc3c2c1C. The minimum atomic E-state index is -0.0317. The number of rotatable bonds is 5. The number of aryl methyl sites for hydroxylation is 2. The van der Waals surface area contributed by atoms with Gasteiger partial charge in [-0.15, -0.1) is 21.5 Å². The molecule has 0 radical (unpaired) electrons. The Morgan fingerprint density at radius 2 is 1.65 bits per heavy atom. The van der Waals surface area contributed by atoms with Crippen LogP contribution >= 0.6 is 23.1 Å². The fraction of sp³-hybridized carbons (Fsp3) is 0.130. The van der Waals surface area contributed by atoms with Gasteiger partial charge in [0.15, 0.2) is 10.8 Å². The zero-order valence-electron chi connectivity index (χ0n) is 17.0. The van der Waals surface area contributed by atoms with Crippen molar-refractivity contribution in [2.45, 2.75) is 19.0 Å². The fourth-order valence-electron chi connectivity index (χ4n) is 3.51. The number of nitrogens with zero attached hydrogens (tertiary/aromatic N) is 5. The highest BCUT2D eigenvalue weighted by molar-refractivity contribution is 7.99. The van der Waals surface area contributed by atoms with E-state index in [9.17, 15) is 4.79 Å². The summed E-state index contributed by atoms with van der Waals surface area (Å²) < 4.78 is 1.87. The molecule has 0 aliphatic rings. The molecule has 8 heteroatoms. The molecule has 0 aliphatic carbocycles. The lowest BCUT2D eigenvalue weighted by Gasteiger charge is -2.22. The zero-order valence-corrected chi connectivity index (χ0v) is 18.7. The molecule has 0 saturated carbocycles. The highest BCUT2D eigenvalue weighted by Gasteiger charge is 2.20. The maximum atomic E-state index is 13.3. The van der Waals surface area contributed by atoms with Crippen molar-refractivity contribution >= 4 is 56.2 Å². The Morgan fingerprint density at radius 1 is 1.00 bits per heavy atom. The van der Waals surface area contributed by atoms with Gasteiger partial charge >= 0.3 is 0 Å². The van der Waals surface area contributed by atoms with Crippen LogP contribution in [-0.2, 0) is 4.79 Å². The smallest absolute Gasteiger partial charge is 0.242 e. The van der Waals surface area contributed by atoms with Gasteiger partial charge in [0.2, 0.25) is 5.91 Å². The van der Waals surface area contributed by atoms with E-state index in [2.05, 4.69) is 29.0 Å².